The molecule has 6 nitrogen and oxygen atoms in total. The monoisotopic (exact) mass is 424 g/mol. The van der Waals surface area contributed by atoms with Crippen LogP contribution >= 0.6 is 0 Å². The number of piperazine rings is 1. The van der Waals surface area contributed by atoms with E-state index in [0.29, 0.717) is 31.9 Å². The van der Waals surface area contributed by atoms with Crippen molar-refractivity contribution in [1.82, 2.24) is 14.7 Å². The molecule has 30 heavy (non-hydrogen) atoms. The van der Waals surface area contributed by atoms with Crippen LogP contribution in [0.3, 0.4) is 0 Å². The Bertz CT molecular complexity index is 771. The predicted molar refractivity (Wildman–Crippen MR) is 106 cm³/mol. The lowest BCUT2D eigenvalue weighted by atomic mass is 10.1. The van der Waals surface area contributed by atoms with E-state index in [-0.39, 0.29) is 18.0 Å². The second kappa shape index (κ2) is 8.45. The van der Waals surface area contributed by atoms with Crippen LogP contribution in [0.25, 0.3) is 0 Å². The number of amides is 3. The second-order valence-electron chi connectivity index (χ2n) is 8.21. The number of benzene rings is 1. The first-order chi connectivity index (χ1) is 14.3. The Balaban J connectivity index is 1.19. The fourth-order valence-electron chi connectivity index (χ4n) is 4.60. The molecule has 0 aliphatic carbocycles. The number of unbranched alkanes of at least 4 members (excludes halogenated alkanes) is 1. The van der Waals surface area contributed by atoms with Gasteiger partial charge in [0, 0.05) is 45.0 Å². The highest BCUT2D eigenvalue weighted by molar-refractivity contribution is 6.04. The first-order valence-electron chi connectivity index (χ1n) is 10.6. The van der Waals surface area contributed by atoms with Crippen molar-refractivity contribution < 1.29 is 22.8 Å². The van der Waals surface area contributed by atoms with E-state index in [1.165, 1.54) is 17.0 Å². The molecule has 3 amide bonds. The molecule has 1 atom stereocenters. The number of hydrogen-bond donors (Lipinski definition) is 0. The lowest BCUT2D eigenvalue weighted by Crippen LogP contribution is -2.46. The van der Waals surface area contributed by atoms with Crippen molar-refractivity contribution in [2.75, 3.05) is 50.7 Å². The fourth-order valence-corrected chi connectivity index (χ4v) is 4.60. The summed E-state index contributed by atoms with van der Waals surface area (Å²) in [6, 6.07) is 5.11. The van der Waals surface area contributed by atoms with Crippen LogP contribution in [-0.4, -0.2) is 78.5 Å². The Morgan fingerprint density at radius 2 is 1.70 bits per heavy atom. The third-order valence-electron chi connectivity index (χ3n) is 6.30. The van der Waals surface area contributed by atoms with Crippen molar-refractivity contribution in [1.29, 1.82) is 0 Å². The fraction of sp³-hybridized carbons (Fsp3) is 0.619. The second-order valence-corrected chi connectivity index (χ2v) is 8.21. The molecule has 0 radical (unpaired) electrons. The van der Waals surface area contributed by atoms with E-state index < -0.39 is 11.7 Å². The highest BCUT2D eigenvalue weighted by Crippen LogP contribution is 2.32. The molecule has 3 aliphatic heterocycles. The molecule has 3 heterocycles. The normalized spacial score (nSPS) is 22.9. The van der Waals surface area contributed by atoms with E-state index in [1.807, 2.05) is 4.90 Å². The average molecular weight is 424 g/mol. The Morgan fingerprint density at radius 1 is 0.967 bits per heavy atom. The molecule has 0 spiro atoms. The number of urea groups is 1. The summed E-state index contributed by atoms with van der Waals surface area (Å²) >= 11 is 0. The molecule has 164 valence electrons. The van der Waals surface area contributed by atoms with Crippen molar-refractivity contribution in [3.05, 3.63) is 29.8 Å². The minimum absolute atomic E-state index is 0.0489. The smallest absolute Gasteiger partial charge is 0.369 e. The van der Waals surface area contributed by atoms with E-state index >= 15 is 0 Å². The molecule has 3 fully saturated rings. The van der Waals surface area contributed by atoms with E-state index in [4.69, 9.17) is 0 Å². The number of carbonyl (C=O) groups excluding carboxylic acids is 2. The molecule has 0 aromatic heterocycles. The topological polar surface area (TPSA) is 47.1 Å². The van der Waals surface area contributed by atoms with Gasteiger partial charge in [0.2, 0.25) is 0 Å². The van der Waals surface area contributed by atoms with Gasteiger partial charge >= 0.3 is 12.2 Å². The molecule has 3 aliphatic rings. The SMILES string of the molecule is O=C1[C@H]2CCCN2C(=O)N1CCCCN1CCN(c2cccc(C(F)(F)F)c2)CC1. The molecular weight excluding hydrogens is 397 g/mol. The Hall–Kier alpha value is -2.29. The molecule has 3 saturated heterocycles. The number of nitrogens with zero attached hydrogens (tertiary/aromatic N) is 4. The summed E-state index contributed by atoms with van der Waals surface area (Å²) in [4.78, 5) is 32.0. The van der Waals surface area contributed by atoms with E-state index in [9.17, 15) is 22.8 Å². The van der Waals surface area contributed by atoms with Crippen LogP contribution in [0.4, 0.5) is 23.7 Å². The number of halogens is 3. The number of fused-ring (bicyclic) bond motifs is 1. The lowest BCUT2D eigenvalue weighted by Gasteiger charge is -2.36. The summed E-state index contributed by atoms with van der Waals surface area (Å²) in [5, 5.41) is 0. The van der Waals surface area contributed by atoms with Gasteiger partial charge in [0.1, 0.15) is 6.04 Å². The molecule has 4 rings (SSSR count). The molecule has 0 N–H and O–H groups in total. The Labute approximate surface area is 174 Å². The van der Waals surface area contributed by atoms with Crippen LogP contribution in [0.2, 0.25) is 0 Å². The predicted octanol–water partition coefficient (Wildman–Crippen LogP) is 3.03. The summed E-state index contributed by atoms with van der Waals surface area (Å²) in [6.07, 6.45) is -0.998. The Kier molecular flexibility index (Phi) is 5.90. The summed E-state index contributed by atoms with van der Waals surface area (Å²) in [5.74, 6) is -0.0489. The van der Waals surface area contributed by atoms with Crippen molar-refractivity contribution >= 4 is 17.6 Å². The van der Waals surface area contributed by atoms with Crippen molar-refractivity contribution in [2.45, 2.75) is 37.9 Å². The van der Waals surface area contributed by atoms with Crippen molar-refractivity contribution in [3.63, 3.8) is 0 Å². The zero-order valence-corrected chi connectivity index (χ0v) is 16.9. The lowest BCUT2D eigenvalue weighted by molar-refractivity contribution is -0.137. The van der Waals surface area contributed by atoms with Crippen LogP contribution in [0.15, 0.2) is 24.3 Å². The number of alkyl halides is 3. The van der Waals surface area contributed by atoms with Gasteiger partial charge < -0.3 is 9.80 Å². The highest BCUT2D eigenvalue weighted by Gasteiger charge is 2.46. The summed E-state index contributed by atoms with van der Waals surface area (Å²) in [7, 11) is 0. The maximum absolute atomic E-state index is 12.9. The van der Waals surface area contributed by atoms with E-state index in [1.54, 1.807) is 11.0 Å². The van der Waals surface area contributed by atoms with Gasteiger partial charge in [0.25, 0.3) is 5.91 Å². The largest absolute Gasteiger partial charge is 0.416 e. The van der Waals surface area contributed by atoms with Crippen molar-refractivity contribution in [2.24, 2.45) is 0 Å². The molecule has 0 bridgehead atoms. The molecular formula is C21H27F3N4O2. The van der Waals surface area contributed by atoms with Gasteiger partial charge in [-0.1, -0.05) is 6.07 Å². The van der Waals surface area contributed by atoms with Gasteiger partial charge in [0.05, 0.1) is 5.56 Å². The highest BCUT2D eigenvalue weighted by atomic mass is 19.4. The van der Waals surface area contributed by atoms with Gasteiger partial charge in [-0.25, -0.2) is 4.79 Å². The summed E-state index contributed by atoms with van der Waals surface area (Å²) in [6.45, 7) is 4.94. The first-order valence-corrected chi connectivity index (χ1v) is 10.6. The maximum atomic E-state index is 12.9. The summed E-state index contributed by atoms with van der Waals surface area (Å²) < 4.78 is 38.8. The van der Waals surface area contributed by atoms with Gasteiger partial charge in [-0.15, -0.1) is 0 Å². The van der Waals surface area contributed by atoms with Gasteiger partial charge in [-0.05, 0) is 50.4 Å². The van der Waals surface area contributed by atoms with Crippen LogP contribution in [0.1, 0.15) is 31.2 Å². The first kappa shape index (κ1) is 21.0. The van der Waals surface area contributed by atoms with Gasteiger partial charge in [-0.3, -0.25) is 14.6 Å². The van der Waals surface area contributed by atoms with Crippen LogP contribution in [0, 0.1) is 0 Å². The third kappa shape index (κ3) is 4.26. The van der Waals surface area contributed by atoms with Crippen LogP contribution in [-0.2, 0) is 11.0 Å². The number of imide groups is 1. The van der Waals surface area contributed by atoms with Gasteiger partial charge in [0.15, 0.2) is 0 Å². The Morgan fingerprint density at radius 3 is 2.40 bits per heavy atom. The molecule has 9 heteroatoms. The van der Waals surface area contributed by atoms with E-state index in [0.717, 1.165) is 51.4 Å². The molecule has 0 saturated carbocycles. The molecule has 0 unspecified atom stereocenters. The van der Waals surface area contributed by atoms with Crippen molar-refractivity contribution in [3.8, 4) is 0 Å². The van der Waals surface area contributed by atoms with E-state index in [2.05, 4.69) is 4.90 Å². The standard InChI is InChI=1S/C21H27F3N4O2/c22-21(23,24)16-5-3-6-17(15-16)26-13-11-25(12-14-26)8-1-2-9-28-19(29)18-7-4-10-27(18)20(28)30/h3,5-6,15,18H,1-2,4,7-14H2/t18-/m1/s1. The minimum Gasteiger partial charge on any atom is -0.369 e. The average Bonchev–Trinajstić information content (AvgIpc) is 3.30. The molecule has 1 aromatic rings. The minimum atomic E-state index is -4.33. The van der Waals surface area contributed by atoms with Crippen LogP contribution < -0.4 is 4.90 Å². The zero-order valence-electron chi connectivity index (χ0n) is 16.9. The summed E-state index contributed by atoms with van der Waals surface area (Å²) in [5.41, 5.74) is -0.00927. The number of anilines is 1. The van der Waals surface area contributed by atoms with Gasteiger partial charge in [-0.2, -0.15) is 13.2 Å². The molecule has 1 aromatic carbocycles. The van der Waals surface area contributed by atoms with Crippen LogP contribution in [0.5, 0.6) is 0 Å². The number of hydrogen-bond acceptors (Lipinski definition) is 4. The maximum Gasteiger partial charge on any atom is 0.416 e. The number of rotatable bonds is 6. The third-order valence-corrected chi connectivity index (χ3v) is 6.30. The quantitative estimate of drug-likeness (QED) is 0.520. The zero-order chi connectivity index (χ0) is 21.3. The number of carbonyl (C=O) groups is 2.